The Morgan fingerprint density at radius 2 is 2.05 bits per heavy atom. The summed E-state index contributed by atoms with van der Waals surface area (Å²) >= 11 is 6.77. The van der Waals surface area contributed by atoms with Gasteiger partial charge in [-0.2, -0.15) is 4.37 Å². The first-order chi connectivity index (χ1) is 8.85. The summed E-state index contributed by atoms with van der Waals surface area (Å²) in [5.74, 6) is 0.140. The average Bonchev–Trinajstić information content (AvgIpc) is 2.74. The maximum Gasteiger partial charge on any atom is 0.271 e. The van der Waals surface area contributed by atoms with Crippen LogP contribution in [0.3, 0.4) is 0 Å². The van der Waals surface area contributed by atoms with Crippen LogP contribution < -0.4 is 5.32 Å². The third-order valence-corrected chi connectivity index (χ3v) is 2.80. The molecule has 0 fully saturated rings. The highest BCUT2D eigenvalue weighted by Gasteiger charge is 2.17. The lowest BCUT2D eigenvalue weighted by molar-refractivity contribution is 0.0914. The van der Waals surface area contributed by atoms with Gasteiger partial charge in [-0.05, 0) is 43.9 Å². The molecule has 0 bridgehead atoms. The van der Waals surface area contributed by atoms with Crippen LogP contribution in [0.4, 0.5) is 0 Å². The zero-order valence-corrected chi connectivity index (χ0v) is 12.2. The molecule has 0 aliphatic carbocycles. The molecule has 2 rings (SSSR count). The normalized spacial score (nSPS) is 11.4. The van der Waals surface area contributed by atoms with Crippen molar-refractivity contribution in [1.29, 1.82) is 0 Å². The van der Waals surface area contributed by atoms with Gasteiger partial charge in [0.2, 0.25) is 4.47 Å². The van der Waals surface area contributed by atoms with Crippen LogP contribution in [0.25, 0.3) is 11.5 Å². The second-order valence-electron chi connectivity index (χ2n) is 4.86. The Kier molecular flexibility index (Phi) is 3.77. The predicted molar refractivity (Wildman–Crippen MR) is 73.2 cm³/mol. The van der Waals surface area contributed by atoms with Crippen LogP contribution in [-0.2, 0) is 0 Å². The third-order valence-electron chi connectivity index (χ3n) is 2.00. The Balaban J connectivity index is 2.17. The Labute approximate surface area is 119 Å². The van der Waals surface area contributed by atoms with E-state index in [1.165, 1.54) is 12.4 Å². The summed E-state index contributed by atoms with van der Waals surface area (Å²) in [5.41, 5.74) is 0.414. The number of nitrogens with zero attached hydrogens (tertiary/aromatic N) is 4. The fourth-order valence-electron chi connectivity index (χ4n) is 1.27. The summed E-state index contributed by atoms with van der Waals surface area (Å²) in [6, 6.07) is 0. The number of halogens is 1. The lowest BCUT2D eigenvalue weighted by Gasteiger charge is -2.19. The van der Waals surface area contributed by atoms with E-state index in [4.69, 9.17) is 11.6 Å². The highest BCUT2D eigenvalue weighted by Crippen LogP contribution is 2.18. The number of carbonyl (C=O) groups excluding carboxylic acids is 1. The molecular formula is C11H12ClN5OS. The van der Waals surface area contributed by atoms with E-state index in [0.717, 1.165) is 11.5 Å². The number of nitrogens with one attached hydrogen (secondary N) is 1. The molecule has 0 spiro atoms. The monoisotopic (exact) mass is 297 g/mol. The van der Waals surface area contributed by atoms with Crippen LogP contribution in [0.1, 0.15) is 31.3 Å². The van der Waals surface area contributed by atoms with Gasteiger partial charge in [-0.1, -0.05) is 0 Å². The van der Waals surface area contributed by atoms with Crippen molar-refractivity contribution in [3.05, 3.63) is 22.6 Å². The summed E-state index contributed by atoms with van der Waals surface area (Å²) in [6.45, 7) is 5.69. The largest absolute Gasteiger partial charge is 0.346 e. The molecule has 100 valence electrons. The minimum absolute atomic E-state index is 0.250. The molecule has 2 aromatic rings. The molecule has 19 heavy (non-hydrogen) atoms. The SMILES string of the molecule is CC(C)(C)NC(=O)c1cnc(-c2nsc(Cl)n2)cn1. The minimum Gasteiger partial charge on any atom is -0.346 e. The number of aromatic nitrogens is 4. The number of hydrogen-bond donors (Lipinski definition) is 1. The summed E-state index contributed by atoms with van der Waals surface area (Å²) in [5, 5.41) is 2.81. The van der Waals surface area contributed by atoms with E-state index < -0.39 is 0 Å². The molecule has 0 unspecified atom stereocenters. The van der Waals surface area contributed by atoms with Gasteiger partial charge < -0.3 is 5.32 Å². The van der Waals surface area contributed by atoms with E-state index in [0.29, 0.717) is 16.0 Å². The first-order valence-corrected chi connectivity index (χ1v) is 6.64. The van der Waals surface area contributed by atoms with Gasteiger partial charge in [0.15, 0.2) is 5.82 Å². The van der Waals surface area contributed by atoms with Gasteiger partial charge in [0.1, 0.15) is 11.4 Å². The van der Waals surface area contributed by atoms with Crippen LogP contribution in [0.5, 0.6) is 0 Å². The Hall–Kier alpha value is -1.60. The molecule has 0 radical (unpaired) electrons. The highest BCUT2D eigenvalue weighted by molar-refractivity contribution is 7.10. The first-order valence-electron chi connectivity index (χ1n) is 5.49. The first kappa shape index (κ1) is 13.8. The van der Waals surface area contributed by atoms with E-state index in [9.17, 15) is 4.79 Å². The maximum absolute atomic E-state index is 11.8. The molecule has 2 heterocycles. The summed E-state index contributed by atoms with van der Waals surface area (Å²) < 4.78 is 4.35. The average molecular weight is 298 g/mol. The van der Waals surface area contributed by atoms with Gasteiger partial charge in [0, 0.05) is 5.54 Å². The lowest BCUT2D eigenvalue weighted by atomic mass is 10.1. The second-order valence-corrected chi connectivity index (χ2v) is 6.20. The van der Waals surface area contributed by atoms with Crippen LogP contribution >= 0.6 is 23.1 Å². The molecule has 0 saturated carbocycles. The van der Waals surface area contributed by atoms with Crippen molar-refractivity contribution in [2.45, 2.75) is 26.3 Å². The van der Waals surface area contributed by atoms with E-state index >= 15 is 0 Å². The summed E-state index contributed by atoms with van der Waals surface area (Å²) in [6.07, 6.45) is 2.85. The highest BCUT2D eigenvalue weighted by atomic mass is 35.5. The van der Waals surface area contributed by atoms with Crippen molar-refractivity contribution in [3.63, 3.8) is 0 Å². The Bertz CT molecular complexity index is 590. The lowest BCUT2D eigenvalue weighted by Crippen LogP contribution is -2.40. The van der Waals surface area contributed by atoms with E-state index in [1.54, 1.807) is 0 Å². The molecule has 2 aromatic heterocycles. The number of hydrogen-bond acceptors (Lipinski definition) is 6. The zero-order chi connectivity index (χ0) is 14.0. The molecule has 0 saturated heterocycles. The van der Waals surface area contributed by atoms with E-state index in [-0.39, 0.29) is 17.1 Å². The zero-order valence-electron chi connectivity index (χ0n) is 10.6. The fraction of sp³-hybridized carbons (Fsp3) is 0.364. The van der Waals surface area contributed by atoms with Crippen LogP contribution in [0, 0.1) is 0 Å². The van der Waals surface area contributed by atoms with E-state index in [2.05, 4.69) is 24.6 Å². The molecule has 0 aromatic carbocycles. The second kappa shape index (κ2) is 5.18. The quantitative estimate of drug-likeness (QED) is 0.919. The fourth-order valence-corrected chi connectivity index (χ4v) is 1.88. The molecule has 1 N–H and O–H groups in total. The molecule has 6 nitrogen and oxygen atoms in total. The number of rotatable bonds is 2. The maximum atomic E-state index is 11.8. The number of carbonyl (C=O) groups is 1. The molecular weight excluding hydrogens is 286 g/mol. The molecule has 0 atom stereocenters. The van der Waals surface area contributed by atoms with Crippen molar-refractivity contribution in [3.8, 4) is 11.5 Å². The van der Waals surface area contributed by atoms with Crippen LogP contribution in [-0.4, -0.2) is 30.8 Å². The van der Waals surface area contributed by atoms with E-state index in [1.807, 2.05) is 20.8 Å². The Morgan fingerprint density at radius 3 is 2.53 bits per heavy atom. The smallest absolute Gasteiger partial charge is 0.271 e. The van der Waals surface area contributed by atoms with Crippen molar-refractivity contribution in [2.75, 3.05) is 0 Å². The molecule has 0 aliphatic rings. The van der Waals surface area contributed by atoms with Gasteiger partial charge >= 0.3 is 0 Å². The standard InChI is InChI=1S/C11H12ClN5OS/c1-11(2,3)16-9(18)7-5-13-6(4-14-7)8-15-10(12)19-17-8/h4-5H,1-3H3,(H,16,18). The summed E-state index contributed by atoms with van der Waals surface area (Å²) in [7, 11) is 0. The van der Waals surface area contributed by atoms with Crippen LogP contribution in [0.15, 0.2) is 12.4 Å². The van der Waals surface area contributed by atoms with Crippen LogP contribution in [0.2, 0.25) is 4.47 Å². The van der Waals surface area contributed by atoms with Crippen molar-refractivity contribution < 1.29 is 4.79 Å². The van der Waals surface area contributed by atoms with Gasteiger partial charge in [-0.15, -0.1) is 0 Å². The van der Waals surface area contributed by atoms with Gasteiger partial charge in [0.05, 0.1) is 12.4 Å². The molecule has 0 aliphatic heterocycles. The number of amides is 1. The summed E-state index contributed by atoms with van der Waals surface area (Å²) in [4.78, 5) is 24.0. The van der Waals surface area contributed by atoms with Gasteiger partial charge in [0.25, 0.3) is 5.91 Å². The van der Waals surface area contributed by atoms with Gasteiger partial charge in [-0.25, -0.2) is 15.0 Å². The van der Waals surface area contributed by atoms with Crippen molar-refractivity contribution in [1.82, 2.24) is 24.6 Å². The Morgan fingerprint density at radius 1 is 1.32 bits per heavy atom. The topological polar surface area (TPSA) is 80.7 Å². The van der Waals surface area contributed by atoms with Crippen molar-refractivity contribution in [2.24, 2.45) is 0 Å². The van der Waals surface area contributed by atoms with Crippen molar-refractivity contribution >= 4 is 29.0 Å². The molecule has 1 amide bonds. The molecule has 8 heteroatoms. The van der Waals surface area contributed by atoms with Gasteiger partial charge in [-0.3, -0.25) is 4.79 Å². The predicted octanol–water partition coefficient (Wildman–Crippen LogP) is 2.18. The third kappa shape index (κ3) is 3.68. The minimum atomic E-state index is -0.318.